The predicted molar refractivity (Wildman–Crippen MR) is 75.0 cm³/mol. The lowest BCUT2D eigenvalue weighted by Crippen LogP contribution is -2.47. The van der Waals surface area contributed by atoms with Crippen molar-refractivity contribution in [3.8, 4) is 0 Å². The van der Waals surface area contributed by atoms with Gasteiger partial charge in [-0.2, -0.15) is 0 Å². The average Bonchev–Trinajstić information content (AvgIpc) is 2.56. The van der Waals surface area contributed by atoms with Crippen LogP contribution < -0.4 is 5.32 Å². The molecule has 1 atom stereocenters. The van der Waals surface area contributed by atoms with Crippen LogP contribution in [0.3, 0.4) is 0 Å². The Morgan fingerprint density at radius 2 is 2.00 bits per heavy atom. The number of nitrogens with one attached hydrogen (secondary N) is 1. The van der Waals surface area contributed by atoms with E-state index >= 15 is 0 Å². The summed E-state index contributed by atoms with van der Waals surface area (Å²) in [5.41, 5.74) is 0.217. The molecule has 1 amide bonds. The van der Waals surface area contributed by atoms with Crippen molar-refractivity contribution in [1.82, 2.24) is 5.32 Å². The van der Waals surface area contributed by atoms with E-state index in [2.05, 4.69) is 5.32 Å². The van der Waals surface area contributed by atoms with E-state index in [-0.39, 0.29) is 23.8 Å². The van der Waals surface area contributed by atoms with Crippen LogP contribution in [-0.2, 0) is 21.1 Å². The Morgan fingerprint density at radius 1 is 1.37 bits per heavy atom. The fourth-order valence-corrected chi connectivity index (χ4v) is 4.50. The lowest BCUT2D eigenvalue weighted by Gasteiger charge is -2.23. The van der Waals surface area contributed by atoms with Gasteiger partial charge in [-0.3, -0.25) is 4.79 Å². The second-order valence-electron chi connectivity index (χ2n) is 5.25. The zero-order chi connectivity index (χ0) is 14.1. The van der Waals surface area contributed by atoms with Crippen LogP contribution in [0.5, 0.6) is 0 Å². The number of rotatable bonds is 3. The SMILES string of the molecule is C[C@]1(NC(=O)Cc2ccc(Cl)cc2)CCS(=O)(=O)C1. The number of carbonyl (C=O) groups is 1. The molecule has 0 aromatic heterocycles. The van der Waals surface area contributed by atoms with Crippen LogP contribution in [0.1, 0.15) is 18.9 Å². The minimum atomic E-state index is -3.01. The topological polar surface area (TPSA) is 63.2 Å². The summed E-state index contributed by atoms with van der Waals surface area (Å²) in [4.78, 5) is 11.9. The van der Waals surface area contributed by atoms with Gasteiger partial charge in [0, 0.05) is 5.02 Å². The van der Waals surface area contributed by atoms with E-state index in [0.29, 0.717) is 11.4 Å². The van der Waals surface area contributed by atoms with Gasteiger partial charge in [-0.1, -0.05) is 23.7 Å². The molecule has 1 N–H and O–H groups in total. The standard InChI is InChI=1S/C13H16ClNO3S/c1-13(6-7-19(17,18)9-13)15-12(16)8-10-2-4-11(14)5-3-10/h2-5H,6-9H2,1H3,(H,15,16)/t13-/m0/s1. The second-order valence-corrected chi connectivity index (χ2v) is 7.87. The minimum absolute atomic E-state index is 0.0202. The van der Waals surface area contributed by atoms with Gasteiger partial charge in [-0.25, -0.2) is 8.42 Å². The largest absolute Gasteiger partial charge is 0.350 e. The average molecular weight is 302 g/mol. The van der Waals surface area contributed by atoms with Crippen molar-refractivity contribution in [3.63, 3.8) is 0 Å². The molecule has 1 aliphatic rings. The molecular formula is C13H16ClNO3S. The van der Waals surface area contributed by atoms with E-state index in [1.807, 2.05) is 0 Å². The van der Waals surface area contributed by atoms with Crippen LogP contribution in [0.4, 0.5) is 0 Å². The van der Waals surface area contributed by atoms with E-state index in [1.54, 1.807) is 31.2 Å². The minimum Gasteiger partial charge on any atom is -0.350 e. The van der Waals surface area contributed by atoms with Crippen molar-refractivity contribution in [2.45, 2.75) is 25.3 Å². The molecule has 0 spiro atoms. The zero-order valence-electron chi connectivity index (χ0n) is 10.6. The molecule has 0 aliphatic carbocycles. The van der Waals surface area contributed by atoms with E-state index in [0.717, 1.165) is 5.56 Å². The van der Waals surface area contributed by atoms with Gasteiger partial charge in [0.15, 0.2) is 9.84 Å². The molecule has 104 valence electrons. The molecule has 1 saturated heterocycles. The number of hydrogen-bond donors (Lipinski definition) is 1. The summed E-state index contributed by atoms with van der Waals surface area (Å²) in [5.74, 6) is -0.00111. The van der Waals surface area contributed by atoms with Crippen LogP contribution in [0.25, 0.3) is 0 Å². The van der Waals surface area contributed by atoms with E-state index < -0.39 is 15.4 Å². The molecule has 1 fully saturated rings. The molecule has 0 saturated carbocycles. The van der Waals surface area contributed by atoms with E-state index in [9.17, 15) is 13.2 Å². The molecule has 0 radical (unpaired) electrons. The third kappa shape index (κ3) is 3.94. The van der Waals surface area contributed by atoms with Crippen LogP contribution in [-0.4, -0.2) is 31.4 Å². The van der Waals surface area contributed by atoms with Crippen LogP contribution in [0.15, 0.2) is 24.3 Å². The van der Waals surface area contributed by atoms with Gasteiger partial charge in [0.25, 0.3) is 0 Å². The summed E-state index contributed by atoms with van der Waals surface area (Å²) in [6.45, 7) is 1.78. The first-order chi connectivity index (χ1) is 8.78. The third-order valence-electron chi connectivity index (χ3n) is 3.22. The number of hydrogen-bond acceptors (Lipinski definition) is 3. The lowest BCUT2D eigenvalue weighted by molar-refractivity contribution is -0.121. The number of amides is 1. The molecule has 4 nitrogen and oxygen atoms in total. The molecule has 0 unspecified atom stereocenters. The number of halogens is 1. The quantitative estimate of drug-likeness (QED) is 0.922. The van der Waals surface area contributed by atoms with Crippen molar-refractivity contribution in [1.29, 1.82) is 0 Å². The Hall–Kier alpha value is -1.07. The Labute approximate surface area is 118 Å². The summed E-state index contributed by atoms with van der Waals surface area (Å²) < 4.78 is 22.9. The molecule has 1 aromatic rings. The zero-order valence-corrected chi connectivity index (χ0v) is 12.2. The fourth-order valence-electron chi connectivity index (χ4n) is 2.28. The molecule has 1 aromatic carbocycles. The molecular weight excluding hydrogens is 286 g/mol. The van der Waals surface area contributed by atoms with E-state index in [4.69, 9.17) is 11.6 Å². The van der Waals surface area contributed by atoms with Gasteiger partial charge < -0.3 is 5.32 Å². The first kappa shape index (κ1) is 14.3. The van der Waals surface area contributed by atoms with Gasteiger partial charge in [0.2, 0.25) is 5.91 Å². The predicted octanol–water partition coefficient (Wildman–Crippen LogP) is 1.58. The monoisotopic (exact) mass is 301 g/mol. The molecule has 1 heterocycles. The second kappa shape index (κ2) is 5.13. The van der Waals surface area contributed by atoms with Gasteiger partial charge >= 0.3 is 0 Å². The van der Waals surface area contributed by atoms with Crippen molar-refractivity contribution in [2.24, 2.45) is 0 Å². The lowest BCUT2D eigenvalue weighted by atomic mass is 10.0. The highest BCUT2D eigenvalue weighted by molar-refractivity contribution is 7.91. The third-order valence-corrected chi connectivity index (χ3v) is 5.38. The molecule has 6 heteroatoms. The highest BCUT2D eigenvalue weighted by Crippen LogP contribution is 2.23. The highest BCUT2D eigenvalue weighted by atomic mass is 35.5. The first-order valence-electron chi connectivity index (χ1n) is 6.04. The Balaban J connectivity index is 1.97. The fraction of sp³-hybridized carbons (Fsp3) is 0.462. The highest BCUT2D eigenvalue weighted by Gasteiger charge is 2.39. The van der Waals surface area contributed by atoms with Gasteiger partial charge in [0.1, 0.15) is 0 Å². The van der Waals surface area contributed by atoms with Crippen molar-refractivity contribution < 1.29 is 13.2 Å². The number of carbonyl (C=O) groups excluding carboxylic acids is 1. The summed E-state index contributed by atoms with van der Waals surface area (Å²) in [7, 11) is -3.01. The number of sulfone groups is 1. The number of benzene rings is 1. The first-order valence-corrected chi connectivity index (χ1v) is 8.24. The maximum absolute atomic E-state index is 11.9. The maximum atomic E-state index is 11.9. The van der Waals surface area contributed by atoms with Crippen LogP contribution in [0, 0.1) is 0 Å². The Kier molecular flexibility index (Phi) is 3.87. The molecule has 19 heavy (non-hydrogen) atoms. The normalized spacial score (nSPS) is 25.2. The summed E-state index contributed by atoms with van der Waals surface area (Å²) >= 11 is 5.77. The summed E-state index contributed by atoms with van der Waals surface area (Å²) in [6.07, 6.45) is 0.703. The molecule has 0 bridgehead atoms. The molecule has 1 aliphatic heterocycles. The summed E-state index contributed by atoms with van der Waals surface area (Å²) in [5, 5.41) is 3.45. The van der Waals surface area contributed by atoms with Crippen molar-refractivity contribution in [3.05, 3.63) is 34.9 Å². The van der Waals surface area contributed by atoms with Crippen molar-refractivity contribution >= 4 is 27.3 Å². The van der Waals surface area contributed by atoms with Crippen LogP contribution in [0.2, 0.25) is 5.02 Å². The van der Waals surface area contributed by atoms with Gasteiger partial charge in [0.05, 0.1) is 23.5 Å². The smallest absolute Gasteiger partial charge is 0.224 e. The van der Waals surface area contributed by atoms with E-state index in [1.165, 1.54) is 0 Å². The summed E-state index contributed by atoms with van der Waals surface area (Å²) in [6, 6.07) is 7.03. The van der Waals surface area contributed by atoms with Gasteiger partial charge in [-0.05, 0) is 31.0 Å². The van der Waals surface area contributed by atoms with Crippen LogP contribution >= 0.6 is 11.6 Å². The van der Waals surface area contributed by atoms with Crippen molar-refractivity contribution in [2.75, 3.05) is 11.5 Å². The van der Waals surface area contributed by atoms with Gasteiger partial charge in [-0.15, -0.1) is 0 Å². The Morgan fingerprint density at radius 3 is 2.53 bits per heavy atom. The Bertz CT molecular complexity index is 582. The maximum Gasteiger partial charge on any atom is 0.224 e. The molecule has 2 rings (SSSR count).